The molecule has 136 valence electrons. The van der Waals surface area contributed by atoms with Crippen molar-refractivity contribution in [3.05, 3.63) is 41.6 Å². The summed E-state index contributed by atoms with van der Waals surface area (Å²) in [6, 6.07) is 10.8. The van der Waals surface area contributed by atoms with Crippen LogP contribution in [0.25, 0.3) is 11.3 Å². The summed E-state index contributed by atoms with van der Waals surface area (Å²) in [7, 11) is 2.03. The molecule has 2 bridgehead atoms. The zero-order valence-electron chi connectivity index (χ0n) is 15.3. The van der Waals surface area contributed by atoms with Crippen molar-refractivity contribution in [2.45, 2.75) is 31.7 Å². The molecule has 3 aliphatic rings. The average Bonchev–Trinajstić information content (AvgIpc) is 3.30. The second-order valence-electron chi connectivity index (χ2n) is 7.97. The summed E-state index contributed by atoms with van der Waals surface area (Å²) >= 11 is 0. The fourth-order valence-electron chi connectivity index (χ4n) is 5.25. The molecule has 1 saturated heterocycles. The van der Waals surface area contributed by atoms with E-state index in [2.05, 4.69) is 34.5 Å². The molecular weight excluding hydrogens is 324 g/mol. The molecule has 5 nitrogen and oxygen atoms in total. The lowest BCUT2D eigenvalue weighted by molar-refractivity contribution is -0.136. The first kappa shape index (κ1) is 16.1. The highest BCUT2D eigenvalue weighted by atomic mass is 16.2. The highest BCUT2D eigenvalue weighted by Crippen LogP contribution is 2.38. The monoisotopic (exact) mass is 350 g/mol. The summed E-state index contributed by atoms with van der Waals surface area (Å²) in [6.45, 7) is 2.65. The molecule has 5 heteroatoms. The van der Waals surface area contributed by atoms with Gasteiger partial charge in [0.2, 0.25) is 5.91 Å². The number of aromatic nitrogens is 2. The molecule has 1 saturated carbocycles. The maximum atomic E-state index is 13.2. The number of aryl methyl sites for hydroxylation is 1. The standard InChI is InChI=1S/C21H26N4O/c1-24-18-10-12-25(21(26)19-15-7-8-17(19)22-13-15)11-9-16(18)20(23-24)14-5-3-2-4-6-14/h2-6,15,17,19,22H,7-13H2,1H3/t15-,17-,19+/m0/s1. The summed E-state index contributed by atoms with van der Waals surface area (Å²) in [5, 5.41) is 8.32. The van der Waals surface area contributed by atoms with Crippen molar-refractivity contribution in [3.8, 4) is 11.3 Å². The summed E-state index contributed by atoms with van der Waals surface area (Å²) < 4.78 is 2.02. The van der Waals surface area contributed by atoms with Crippen LogP contribution in [0.15, 0.2) is 30.3 Å². The van der Waals surface area contributed by atoms with E-state index in [1.54, 1.807) is 0 Å². The van der Waals surface area contributed by atoms with Gasteiger partial charge in [-0.15, -0.1) is 0 Å². The molecule has 26 heavy (non-hydrogen) atoms. The Labute approximate surface area is 154 Å². The second kappa shape index (κ2) is 6.23. The van der Waals surface area contributed by atoms with Gasteiger partial charge in [0.1, 0.15) is 0 Å². The van der Waals surface area contributed by atoms with Gasteiger partial charge in [-0.1, -0.05) is 30.3 Å². The molecule has 2 fully saturated rings. The Hall–Kier alpha value is -2.14. The van der Waals surface area contributed by atoms with Gasteiger partial charge in [-0.05, 0) is 31.7 Å². The number of carbonyl (C=O) groups is 1. The lowest BCUT2D eigenvalue weighted by atomic mass is 9.96. The number of benzene rings is 1. The van der Waals surface area contributed by atoms with Crippen LogP contribution in [0, 0.1) is 11.8 Å². The second-order valence-corrected chi connectivity index (χ2v) is 7.97. The van der Waals surface area contributed by atoms with E-state index in [1.807, 2.05) is 17.8 Å². The molecule has 1 N–H and O–H groups in total. The average molecular weight is 350 g/mol. The summed E-state index contributed by atoms with van der Waals surface area (Å²) in [6.07, 6.45) is 4.17. The first-order valence-corrected chi connectivity index (χ1v) is 9.84. The minimum Gasteiger partial charge on any atom is -0.342 e. The maximum absolute atomic E-state index is 13.2. The van der Waals surface area contributed by atoms with Gasteiger partial charge in [-0.3, -0.25) is 9.48 Å². The van der Waals surface area contributed by atoms with E-state index in [9.17, 15) is 4.79 Å². The number of piperidine rings is 1. The first-order chi connectivity index (χ1) is 12.7. The number of amides is 1. The van der Waals surface area contributed by atoms with Gasteiger partial charge < -0.3 is 10.2 Å². The Morgan fingerprint density at radius 1 is 1.15 bits per heavy atom. The van der Waals surface area contributed by atoms with Gasteiger partial charge in [-0.25, -0.2) is 0 Å². The van der Waals surface area contributed by atoms with Crippen molar-refractivity contribution < 1.29 is 4.79 Å². The van der Waals surface area contributed by atoms with Crippen LogP contribution < -0.4 is 5.32 Å². The first-order valence-electron chi connectivity index (χ1n) is 9.84. The molecular formula is C21H26N4O. The van der Waals surface area contributed by atoms with Crippen LogP contribution in [0.1, 0.15) is 24.1 Å². The Kier molecular flexibility index (Phi) is 3.85. The predicted octanol–water partition coefficient (Wildman–Crippen LogP) is 2.01. The Bertz CT molecular complexity index is 808. The normalized spacial score (nSPS) is 27.4. The van der Waals surface area contributed by atoms with E-state index in [0.717, 1.165) is 44.6 Å². The zero-order chi connectivity index (χ0) is 17.7. The third-order valence-electron chi connectivity index (χ3n) is 6.60. The van der Waals surface area contributed by atoms with Crippen molar-refractivity contribution in [2.24, 2.45) is 18.9 Å². The highest BCUT2D eigenvalue weighted by molar-refractivity contribution is 5.81. The van der Waals surface area contributed by atoms with Crippen LogP contribution in [0.2, 0.25) is 0 Å². The zero-order valence-corrected chi connectivity index (χ0v) is 15.3. The smallest absolute Gasteiger partial charge is 0.227 e. The van der Waals surface area contributed by atoms with Gasteiger partial charge in [0.25, 0.3) is 0 Å². The fourth-order valence-corrected chi connectivity index (χ4v) is 5.25. The number of fused-ring (bicyclic) bond motifs is 3. The van der Waals surface area contributed by atoms with Crippen molar-refractivity contribution in [1.82, 2.24) is 20.0 Å². The van der Waals surface area contributed by atoms with Gasteiger partial charge >= 0.3 is 0 Å². The summed E-state index contributed by atoms with van der Waals surface area (Å²) in [5.74, 6) is 1.15. The Morgan fingerprint density at radius 2 is 1.96 bits per heavy atom. The molecule has 2 aliphatic heterocycles. The van der Waals surface area contributed by atoms with Crippen molar-refractivity contribution in [3.63, 3.8) is 0 Å². The van der Waals surface area contributed by atoms with Crippen molar-refractivity contribution in [2.75, 3.05) is 19.6 Å². The fraction of sp³-hybridized carbons (Fsp3) is 0.524. The van der Waals surface area contributed by atoms with E-state index in [0.29, 0.717) is 17.9 Å². The van der Waals surface area contributed by atoms with Crippen molar-refractivity contribution in [1.29, 1.82) is 0 Å². The van der Waals surface area contributed by atoms with Gasteiger partial charge in [-0.2, -0.15) is 5.10 Å². The van der Waals surface area contributed by atoms with Crippen LogP contribution in [-0.4, -0.2) is 46.3 Å². The number of rotatable bonds is 2. The van der Waals surface area contributed by atoms with E-state index in [-0.39, 0.29) is 5.92 Å². The van der Waals surface area contributed by atoms with E-state index in [4.69, 9.17) is 5.10 Å². The van der Waals surface area contributed by atoms with Crippen LogP contribution in [-0.2, 0) is 24.7 Å². The molecule has 1 aromatic heterocycles. The molecule has 3 heterocycles. The van der Waals surface area contributed by atoms with Gasteiger partial charge in [0.05, 0.1) is 11.6 Å². The lowest BCUT2D eigenvalue weighted by Gasteiger charge is -2.26. The molecule has 1 aromatic carbocycles. The van der Waals surface area contributed by atoms with E-state index < -0.39 is 0 Å². The SMILES string of the molecule is Cn1nc(-c2ccccc2)c2c1CCN(C(=O)[C@@H]1[C@H]3CC[C@@H]1NC3)CC2. The van der Waals surface area contributed by atoms with Crippen LogP contribution in [0.5, 0.6) is 0 Å². The predicted molar refractivity (Wildman–Crippen MR) is 101 cm³/mol. The number of hydrogen-bond donors (Lipinski definition) is 1. The molecule has 1 amide bonds. The number of nitrogens with one attached hydrogen (secondary N) is 1. The number of carbonyl (C=O) groups excluding carboxylic acids is 1. The summed E-state index contributed by atoms with van der Waals surface area (Å²) in [4.78, 5) is 15.3. The molecule has 0 unspecified atom stereocenters. The third kappa shape index (κ3) is 2.49. The quantitative estimate of drug-likeness (QED) is 0.901. The van der Waals surface area contributed by atoms with Crippen LogP contribution in [0.3, 0.4) is 0 Å². The Morgan fingerprint density at radius 3 is 2.65 bits per heavy atom. The molecule has 5 rings (SSSR count). The lowest BCUT2D eigenvalue weighted by Crippen LogP contribution is -2.41. The maximum Gasteiger partial charge on any atom is 0.227 e. The number of nitrogens with zero attached hydrogens (tertiary/aromatic N) is 3. The van der Waals surface area contributed by atoms with E-state index >= 15 is 0 Å². The van der Waals surface area contributed by atoms with Gasteiger partial charge in [0.15, 0.2) is 0 Å². The molecule has 3 atom stereocenters. The minimum absolute atomic E-state index is 0.211. The topological polar surface area (TPSA) is 50.2 Å². The van der Waals surface area contributed by atoms with Gasteiger partial charge in [0, 0.05) is 49.4 Å². The van der Waals surface area contributed by atoms with Crippen LogP contribution in [0.4, 0.5) is 0 Å². The molecule has 0 spiro atoms. The van der Waals surface area contributed by atoms with Crippen LogP contribution >= 0.6 is 0 Å². The minimum atomic E-state index is 0.211. The summed E-state index contributed by atoms with van der Waals surface area (Å²) in [5.41, 5.74) is 4.86. The molecule has 0 radical (unpaired) electrons. The Balaban J connectivity index is 1.39. The van der Waals surface area contributed by atoms with E-state index in [1.165, 1.54) is 23.2 Å². The largest absolute Gasteiger partial charge is 0.342 e. The third-order valence-corrected chi connectivity index (χ3v) is 6.60. The molecule has 2 aromatic rings. The highest BCUT2D eigenvalue weighted by Gasteiger charge is 2.47. The van der Waals surface area contributed by atoms with Crippen molar-refractivity contribution >= 4 is 5.91 Å². The number of hydrogen-bond acceptors (Lipinski definition) is 3. The molecule has 1 aliphatic carbocycles.